The molecule has 3 aromatic rings. The summed E-state index contributed by atoms with van der Waals surface area (Å²) in [6.45, 7) is 3.92. The SMILES string of the molecule is C[C@H](O)c1nccn1[C@@](C)(C#Cc1ccc(-c2ccc(O[C@@H]3COC[C@H]3O)cc2)cc1)CO. The van der Waals surface area contributed by atoms with Gasteiger partial charge in [-0.05, 0) is 49.2 Å². The van der Waals surface area contributed by atoms with Gasteiger partial charge in [-0.25, -0.2) is 4.98 Å². The van der Waals surface area contributed by atoms with Crippen molar-refractivity contribution in [1.82, 2.24) is 9.55 Å². The Labute approximate surface area is 193 Å². The first-order chi connectivity index (χ1) is 15.9. The molecule has 7 heteroatoms. The molecule has 172 valence electrons. The third-order valence-electron chi connectivity index (χ3n) is 5.72. The summed E-state index contributed by atoms with van der Waals surface area (Å²) in [5.74, 6) is 7.40. The lowest BCUT2D eigenvalue weighted by atomic mass is 10.0. The zero-order chi connectivity index (χ0) is 23.4. The third kappa shape index (κ3) is 5.10. The number of aliphatic hydroxyl groups excluding tert-OH is 3. The summed E-state index contributed by atoms with van der Waals surface area (Å²) in [6.07, 6.45) is 1.60. The van der Waals surface area contributed by atoms with Gasteiger partial charge in [0.25, 0.3) is 0 Å². The zero-order valence-electron chi connectivity index (χ0n) is 18.7. The van der Waals surface area contributed by atoms with E-state index in [2.05, 4.69) is 16.8 Å². The molecule has 1 aliphatic rings. The second-order valence-corrected chi connectivity index (χ2v) is 8.38. The maximum absolute atomic E-state index is 10.00. The normalized spacial score (nSPS) is 20.5. The summed E-state index contributed by atoms with van der Waals surface area (Å²) < 4.78 is 12.7. The van der Waals surface area contributed by atoms with Crippen LogP contribution in [0.5, 0.6) is 5.75 Å². The molecule has 0 bridgehead atoms. The highest BCUT2D eigenvalue weighted by atomic mass is 16.6. The summed E-state index contributed by atoms with van der Waals surface area (Å²) >= 11 is 0. The van der Waals surface area contributed by atoms with E-state index in [1.54, 1.807) is 23.9 Å². The molecular weight excluding hydrogens is 420 g/mol. The Bertz CT molecular complexity index is 1130. The van der Waals surface area contributed by atoms with Crippen LogP contribution in [0.2, 0.25) is 0 Å². The summed E-state index contributed by atoms with van der Waals surface area (Å²) in [6, 6.07) is 15.5. The lowest BCUT2D eigenvalue weighted by Gasteiger charge is -2.25. The Morgan fingerprint density at radius 3 is 2.39 bits per heavy atom. The first-order valence-corrected chi connectivity index (χ1v) is 10.9. The third-order valence-corrected chi connectivity index (χ3v) is 5.72. The highest BCUT2D eigenvalue weighted by Crippen LogP contribution is 2.25. The van der Waals surface area contributed by atoms with Crippen molar-refractivity contribution in [2.24, 2.45) is 0 Å². The molecule has 33 heavy (non-hydrogen) atoms. The average Bonchev–Trinajstić information content (AvgIpc) is 3.48. The molecule has 1 saturated heterocycles. The quantitative estimate of drug-likeness (QED) is 0.502. The lowest BCUT2D eigenvalue weighted by Crippen LogP contribution is -2.34. The van der Waals surface area contributed by atoms with Gasteiger partial charge in [-0.2, -0.15) is 0 Å². The molecule has 0 amide bonds. The van der Waals surface area contributed by atoms with Gasteiger partial charge in [0, 0.05) is 18.0 Å². The van der Waals surface area contributed by atoms with Crippen LogP contribution in [0.15, 0.2) is 60.9 Å². The van der Waals surface area contributed by atoms with Crippen LogP contribution >= 0.6 is 0 Å². The predicted molar refractivity (Wildman–Crippen MR) is 124 cm³/mol. The van der Waals surface area contributed by atoms with Crippen molar-refractivity contribution >= 4 is 0 Å². The van der Waals surface area contributed by atoms with E-state index in [9.17, 15) is 15.3 Å². The van der Waals surface area contributed by atoms with Crippen molar-refractivity contribution in [3.63, 3.8) is 0 Å². The van der Waals surface area contributed by atoms with Crippen LogP contribution in [0, 0.1) is 11.8 Å². The molecule has 2 heterocycles. The van der Waals surface area contributed by atoms with E-state index < -0.39 is 17.7 Å². The van der Waals surface area contributed by atoms with Crippen molar-refractivity contribution in [3.8, 4) is 28.7 Å². The monoisotopic (exact) mass is 448 g/mol. The topological polar surface area (TPSA) is 97.0 Å². The molecule has 0 radical (unpaired) electrons. The molecule has 0 spiro atoms. The highest BCUT2D eigenvalue weighted by molar-refractivity contribution is 5.65. The minimum atomic E-state index is -0.907. The average molecular weight is 449 g/mol. The number of hydrogen-bond donors (Lipinski definition) is 3. The van der Waals surface area contributed by atoms with E-state index in [0.717, 1.165) is 16.7 Å². The fraction of sp³-hybridized carbons (Fsp3) is 0.346. The fourth-order valence-corrected chi connectivity index (χ4v) is 3.71. The Kier molecular flexibility index (Phi) is 6.82. The maximum atomic E-state index is 10.00. The van der Waals surface area contributed by atoms with Gasteiger partial charge in [-0.1, -0.05) is 36.1 Å². The predicted octanol–water partition coefficient (Wildman–Crippen LogP) is 2.50. The van der Waals surface area contributed by atoms with Gasteiger partial charge in [-0.15, -0.1) is 0 Å². The number of imidazole rings is 1. The highest BCUT2D eigenvalue weighted by Gasteiger charge is 2.28. The van der Waals surface area contributed by atoms with Crippen molar-refractivity contribution < 1.29 is 24.8 Å². The van der Waals surface area contributed by atoms with Crippen molar-refractivity contribution in [1.29, 1.82) is 0 Å². The van der Waals surface area contributed by atoms with Crippen LogP contribution in [-0.4, -0.2) is 56.9 Å². The molecular formula is C26H28N2O5. The number of aliphatic hydroxyl groups is 3. The Balaban J connectivity index is 1.47. The fourth-order valence-electron chi connectivity index (χ4n) is 3.71. The number of nitrogens with zero attached hydrogens (tertiary/aromatic N) is 2. The lowest BCUT2D eigenvalue weighted by molar-refractivity contribution is 0.0733. The maximum Gasteiger partial charge on any atom is 0.150 e. The van der Waals surface area contributed by atoms with Gasteiger partial charge in [-0.3, -0.25) is 0 Å². The molecule has 0 aliphatic carbocycles. The molecule has 3 N–H and O–H groups in total. The molecule has 7 nitrogen and oxygen atoms in total. The molecule has 4 rings (SSSR count). The second-order valence-electron chi connectivity index (χ2n) is 8.38. The molecule has 1 fully saturated rings. The minimum Gasteiger partial charge on any atom is -0.485 e. The minimum absolute atomic E-state index is 0.216. The van der Waals surface area contributed by atoms with Crippen LogP contribution in [0.25, 0.3) is 11.1 Å². The van der Waals surface area contributed by atoms with Gasteiger partial charge >= 0.3 is 0 Å². The second kappa shape index (κ2) is 9.77. The molecule has 2 aromatic carbocycles. The van der Waals surface area contributed by atoms with E-state index in [0.29, 0.717) is 24.8 Å². The molecule has 0 unspecified atom stereocenters. The van der Waals surface area contributed by atoms with Gasteiger partial charge in [0.05, 0.1) is 19.8 Å². The number of rotatable bonds is 6. The number of ether oxygens (including phenoxy) is 2. The first-order valence-electron chi connectivity index (χ1n) is 10.9. The van der Waals surface area contributed by atoms with E-state index in [4.69, 9.17) is 9.47 Å². The van der Waals surface area contributed by atoms with Crippen molar-refractivity contribution in [2.75, 3.05) is 19.8 Å². The molecule has 0 saturated carbocycles. The van der Waals surface area contributed by atoms with Crippen molar-refractivity contribution in [3.05, 3.63) is 72.3 Å². The summed E-state index contributed by atoms with van der Waals surface area (Å²) in [5, 5.41) is 29.8. The van der Waals surface area contributed by atoms with E-state index in [-0.39, 0.29) is 12.7 Å². The standard InChI is InChI=1S/C26H28N2O5/c1-18(30)25-27-13-14-28(25)26(2,17-29)12-11-19-3-5-20(6-4-19)21-7-9-22(10-8-21)33-24-16-32-15-23(24)31/h3-10,13-14,18,23-24,29-31H,15-17H2,1-2H3/t18-,23+,24+,26-/m0/s1. The van der Waals surface area contributed by atoms with E-state index in [1.807, 2.05) is 55.5 Å². The Morgan fingerprint density at radius 2 is 1.82 bits per heavy atom. The van der Waals surface area contributed by atoms with Crippen LogP contribution in [0.3, 0.4) is 0 Å². The number of benzene rings is 2. The van der Waals surface area contributed by atoms with Crippen LogP contribution in [0.1, 0.15) is 31.3 Å². The van der Waals surface area contributed by atoms with Gasteiger partial charge < -0.3 is 29.4 Å². The summed E-state index contributed by atoms with van der Waals surface area (Å²) in [5.41, 5.74) is 1.97. The van der Waals surface area contributed by atoms with E-state index >= 15 is 0 Å². The number of hydrogen-bond acceptors (Lipinski definition) is 6. The van der Waals surface area contributed by atoms with Gasteiger partial charge in [0.2, 0.25) is 0 Å². The molecule has 1 aliphatic heterocycles. The molecule has 1 aromatic heterocycles. The van der Waals surface area contributed by atoms with Gasteiger partial charge in [0.15, 0.2) is 0 Å². The van der Waals surface area contributed by atoms with E-state index in [1.165, 1.54) is 0 Å². The first kappa shape index (κ1) is 23.0. The van der Waals surface area contributed by atoms with Crippen LogP contribution in [-0.2, 0) is 10.3 Å². The smallest absolute Gasteiger partial charge is 0.150 e. The van der Waals surface area contributed by atoms with Crippen LogP contribution < -0.4 is 4.74 Å². The largest absolute Gasteiger partial charge is 0.485 e. The zero-order valence-corrected chi connectivity index (χ0v) is 18.7. The Morgan fingerprint density at radius 1 is 1.15 bits per heavy atom. The van der Waals surface area contributed by atoms with Crippen molar-refractivity contribution in [2.45, 2.75) is 37.7 Å². The summed E-state index contributed by atoms with van der Waals surface area (Å²) in [7, 11) is 0. The van der Waals surface area contributed by atoms with Crippen LogP contribution in [0.4, 0.5) is 0 Å². The van der Waals surface area contributed by atoms with Gasteiger partial charge in [0.1, 0.15) is 35.4 Å². The summed E-state index contributed by atoms with van der Waals surface area (Å²) in [4.78, 5) is 4.17. The molecule has 4 atom stereocenters. The number of aromatic nitrogens is 2. The Hall–Kier alpha value is -3.15.